The molecule has 3 unspecified atom stereocenters. The van der Waals surface area contributed by atoms with Crippen molar-refractivity contribution in [3.63, 3.8) is 0 Å². The molecule has 0 aliphatic carbocycles. The molecule has 0 aromatic rings. The zero-order chi connectivity index (χ0) is 49.9. The van der Waals surface area contributed by atoms with Gasteiger partial charge in [0.15, 0.2) is 0 Å². The van der Waals surface area contributed by atoms with E-state index in [9.17, 15) is 19.2 Å². The van der Waals surface area contributed by atoms with Gasteiger partial charge in [-0.15, -0.1) is 0 Å². The Bertz CT molecular complexity index is 1180. The van der Waals surface area contributed by atoms with Gasteiger partial charge in [0.25, 0.3) is 0 Å². The maximum absolute atomic E-state index is 13.5. The SMILES string of the molecule is CCCCCCC(CCCC)OC(=O)CCN(CCC(=O)OC(CCCC)CCCCCC)CCN(CCC(=O)OC(CCCC)CCCCCC)CCN1CCN(CCOC(=O)CCC)CC1. The van der Waals surface area contributed by atoms with Gasteiger partial charge < -0.3 is 28.7 Å². The highest BCUT2D eigenvalue weighted by Gasteiger charge is 2.22. The number of carbonyl (C=O) groups is 4. The highest BCUT2D eigenvalue weighted by molar-refractivity contribution is 5.71. The van der Waals surface area contributed by atoms with Gasteiger partial charge in [0.2, 0.25) is 0 Å². The molecule has 1 heterocycles. The van der Waals surface area contributed by atoms with E-state index in [1.165, 1.54) is 57.8 Å². The third-order valence-corrected chi connectivity index (χ3v) is 13.6. The number of piperazine rings is 1. The summed E-state index contributed by atoms with van der Waals surface area (Å²) in [5.74, 6) is -0.565. The topological polar surface area (TPSA) is 118 Å². The van der Waals surface area contributed by atoms with Gasteiger partial charge in [-0.1, -0.05) is 145 Å². The molecule has 0 aromatic heterocycles. The van der Waals surface area contributed by atoms with Gasteiger partial charge in [-0.05, 0) is 64.2 Å². The first-order valence-corrected chi connectivity index (χ1v) is 28.7. The van der Waals surface area contributed by atoms with Crippen molar-refractivity contribution in [1.82, 2.24) is 19.6 Å². The summed E-state index contributed by atoms with van der Waals surface area (Å²) >= 11 is 0. The molecule has 1 rings (SSSR count). The molecule has 68 heavy (non-hydrogen) atoms. The molecule has 400 valence electrons. The number of nitrogens with zero attached hydrogens (tertiary/aromatic N) is 4. The molecule has 0 aromatic carbocycles. The maximum atomic E-state index is 13.5. The first-order valence-electron chi connectivity index (χ1n) is 28.7. The highest BCUT2D eigenvalue weighted by Crippen LogP contribution is 2.19. The van der Waals surface area contributed by atoms with E-state index in [0.29, 0.717) is 52.2 Å². The minimum atomic E-state index is -0.161. The fraction of sp³-hybridized carbons (Fsp3) is 0.929. The Morgan fingerprint density at radius 1 is 0.368 bits per heavy atom. The number of ether oxygens (including phenoxy) is 4. The standard InChI is InChI=1S/C56H108N4O8/c1-8-15-21-24-31-50(28-18-11-4)66-54(62)34-37-57(38-35-55(63)67-51(29-19-12-5)32-25-22-16-9-2)40-41-58(39-36-56(64)68-52(30-20-13-6)33-26-23-17-10-3)42-43-59-44-46-60(47-45-59)48-49-65-53(61)27-14-7/h50-52H,8-49H2,1-7H3. The Kier molecular flexibility index (Phi) is 41.8. The van der Waals surface area contributed by atoms with Crippen LogP contribution in [0.1, 0.15) is 235 Å². The predicted molar refractivity (Wildman–Crippen MR) is 280 cm³/mol. The van der Waals surface area contributed by atoms with Crippen LogP contribution in [0.5, 0.6) is 0 Å². The van der Waals surface area contributed by atoms with Crippen molar-refractivity contribution in [2.75, 3.05) is 85.1 Å². The summed E-state index contributed by atoms with van der Waals surface area (Å²) in [6, 6.07) is 0. The Morgan fingerprint density at radius 2 is 0.706 bits per heavy atom. The molecule has 0 spiro atoms. The van der Waals surface area contributed by atoms with Gasteiger partial charge in [0.05, 0.1) is 19.3 Å². The molecule has 0 radical (unpaired) electrons. The lowest BCUT2D eigenvalue weighted by molar-refractivity contribution is -0.152. The second kappa shape index (κ2) is 44.6. The van der Waals surface area contributed by atoms with Crippen LogP contribution in [0, 0.1) is 0 Å². The average Bonchev–Trinajstić information content (AvgIpc) is 3.33. The summed E-state index contributed by atoms with van der Waals surface area (Å²) < 4.78 is 23.9. The van der Waals surface area contributed by atoms with Gasteiger partial charge in [0.1, 0.15) is 24.9 Å². The van der Waals surface area contributed by atoms with Gasteiger partial charge in [-0.3, -0.25) is 29.0 Å². The van der Waals surface area contributed by atoms with Crippen molar-refractivity contribution in [1.29, 1.82) is 0 Å². The van der Waals surface area contributed by atoms with Crippen LogP contribution in [0.3, 0.4) is 0 Å². The van der Waals surface area contributed by atoms with Crippen molar-refractivity contribution in [3.8, 4) is 0 Å². The minimum absolute atomic E-state index is 0.0231. The number of unbranched alkanes of at least 4 members (excludes halogenated alkanes) is 12. The zero-order valence-electron chi connectivity index (χ0n) is 45.5. The Balaban J connectivity index is 3.15. The fourth-order valence-corrected chi connectivity index (χ4v) is 9.00. The maximum Gasteiger partial charge on any atom is 0.307 e. The molecule has 1 aliphatic heterocycles. The number of carbonyl (C=O) groups excluding carboxylic acids is 4. The van der Waals surface area contributed by atoms with E-state index >= 15 is 0 Å². The molecule has 1 fully saturated rings. The van der Waals surface area contributed by atoms with Crippen LogP contribution in [-0.2, 0) is 38.1 Å². The monoisotopic (exact) mass is 965 g/mol. The van der Waals surface area contributed by atoms with E-state index in [4.69, 9.17) is 18.9 Å². The van der Waals surface area contributed by atoms with Gasteiger partial charge in [-0.2, -0.15) is 0 Å². The largest absolute Gasteiger partial charge is 0.464 e. The van der Waals surface area contributed by atoms with Crippen molar-refractivity contribution in [3.05, 3.63) is 0 Å². The van der Waals surface area contributed by atoms with Crippen LogP contribution in [0.25, 0.3) is 0 Å². The zero-order valence-corrected chi connectivity index (χ0v) is 45.5. The molecule has 12 heteroatoms. The minimum Gasteiger partial charge on any atom is -0.464 e. The molecular formula is C56H108N4O8. The summed E-state index contributed by atoms with van der Waals surface area (Å²) in [5, 5.41) is 0. The van der Waals surface area contributed by atoms with Gasteiger partial charge >= 0.3 is 23.9 Å². The smallest absolute Gasteiger partial charge is 0.307 e. The number of esters is 4. The molecule has 12 nitrogen and oxygen atoms in total. The summed E-state index contributed by atoms with van der Waals surface area (Å²) in [6.45, 7) is 24.7. The molecule has 0 bridgehead atoms. The van der Waals surface area contributed by atoms with Gasteiger partial charge in [-0.25, -0.2) is 0 Å². The van der Waals surface area contributed by atoms with Crippen LogP contribution < -0.4 is 0 Å². The average molecular weight is 965 g/mol. The molecule has 0 N–H and O–H groups in total. The highest BCUT2D eigenvalue weighted by atomic mass is 16.6. The third-order valence-electron chi connectivity index (χ3n) is 13.6. The van der Waals surface area contributed by atoms with Crippen molar-refractivity contribution < 1.29 is 38.1 Å². The third kappa shape index (κ3) is 35.8. The normalized spacial score (nSPS) is 14.8. The van der Waals surface area contributed by atoms with E-state index < -0.39 is 0 Å². The number of hydrogen-bond donors (Lipinski definition) is 0. The van der Waals surface area contributed by atoms with E-state index in [1.807, 2.05) is 6.92 Å². The van der Waals surface area contributed by atoms with Gasteiger partial charge in [0, 0.05) is 85.0 Å². The van der Waals surface area contributed by atoms with Crippen LogP contribution >= 0.6 is 0 Å². The summed E-state index contributed by atoms with van der Waals surface area (Å²) in [6.07, 6.45) is 27.8. The first kappa shape index (κ1) is 63.7. The number of hydrogen-bond acceptors (Lipinski definition) is 12. The lowest BCUT2D eigenvalue weighted by Crippen LogP contribution is -2.49. The van der Waals surface area contributed by atoms with Crippen LogP contribution in [0.2, 0.25) is 0 Å². The van der Waals surface area contributed by atoms with E-state index in [0.717, 1.165) is 149 Å². The molecular weight excluding hydrogens is 857 g/mol. The van der Waals surface area contributed by atoms with E-state index in [1.54, 1.807) is 0 Å². The molecule has 0 amide bonds. The number of rotatable bonds is 47. The van der Waals surface area contributed by atoms with Crippen LogP contribution in [-0.4, -0.2) is 147 Å². The molecule has 3 atom stereocenters. The van der Waals surface area contributed by atoms with E-state index in [2.05, 4.69) is 61.1 Å². The fourth-order valence-electron chi connectivity index (χ4n) is 9.00. The predicted octanol–water partition coefficient (Wildman–Crippen LogP) is 11.9. The molecule has 1 aliphatic rings. The summed E-state index contributed by atoms with van der Waals surface area (Å²) in [5.41, 5.74) is 0. The van der Waals surface area contributed by atoms with Crippen LogP contribution in [0.15, 0.2) is 0 Å². The molecule has 0 saturated carbocycles. The lowest BCUT2D eigenvalue weighted by Gasteiger charge is -2.36. The summed E-state index contributed by atoms with van der Waals surface area (Å²) in [4.78, 5) is 61.8. The summed E-state index contributed by atoms with van der Waals surface area (Å²) in [7, 11) is 0. The Morgan fingerprint density at radius 3 is 1.06 bits per heavy atom. The van der Waals surface area contributed by atoms with Crippen molar-refractivity contribution in [2.45, 2.75) is 253 Å². The van der Waals surface area contributed by atoms with Crippen LogP contribution in [0.4, 0.5) is 0 Å². The van der Waals surface area contributed by atoms with Crippen molar-refractivity contribution in [2.24, 2.45) is 0 Å². The second-order valence-electron chi connectivity index (χ2n) is 19.9. The second-order valence-corrected chi connectivity index (χ2v) is 19.9. The quantitative estimate of drug-likeness (QED) is 0.0328. The Hall–Kier alpha value is -2.28. The van der Waals surface area contributed by atoms with Crippen molar-refractivity contribution >= 4 is 23.9 Å². The Labute approximate surface area is 418 Å². The lowest BCUT2D eigenvalue weighted by atomic mass is 10.0. The molecule has 1 saturated heterocycles. The van der Waals surface area contributed by atoms with E-state index in [-0.39, 0.29) is 55.0 Å². The first-order chi connectivity index (χ1) is 33.1.